The van der Waals surface area contributed by atoms with E-state index in [1.807, 2.05) is 6.07 Å². The molecule has 1 fully saturated rings. The number of carbonyl (C=O) groups is 2. The van der Waals surface area contributed by atoms with Gasteiger partial charge in [-0.1, -0.05) is 6.07 Å². The number of amides is 2. The van der Waals surface area contributed by atoms with Crippen LogP contribution in [-0.4, -0.2) is 34.8 Å². The molecule has 1 aromatic rings. The van der Waals surface area contributed by atoms with Gasteiger partial charge in [0.05, 0.1) is 0 Å². The van der Waals surface area contributed by atoms with Crippen molar-refractivity contribution in [1.82, 2.24) is 9.88 Å². The largest absolute Gasteiger partial charge is 0.343 e. The van der Waals surface area contributed by atoms with Crippen molar-refractivity contribution in [1.29, 1.82) is 0 Å². The van der Waals surface area contributed by atoms with Crippen LogP contribution in [0, 0.1) is 5.92 Å². The summed E-state index contributed by atoms with van der Waals surface area (Å²) >= 11 is 0. The molecular formula is C13H17N3O2. The second-order valence-electron chi connectivity index (χ2n) is 4.48. The third-order valence-electron chi connectivity index (χ3n) is 3.23. The van der Waals surface area contributed by atoms with Gasteiger partial charge >= 0.3 is 0 Å². The Morgan fingerprint density at radius 3 is 2.61 bits per heavy atom. The van der Waals surface area contributed by atoms with E-state index < -0.39 is 0 Å². The van der Waals surface area contributed by atoms with Crippen molar-refractivity contribution in [2.24, 2.45) is 5.92 Å². The van der Waals surface area contributed by atoms with Crippen molar-refractivity contribution in [2.75, 3.05) is 18.4 Å². The van der Waals surface area contributed by atoms with Crippen molar-refractivity contribution in [3.8, 4) is 0 Å². The molecular weight excluding hydrogens is 230 g/mol. The van der Waals surface area contributed by atoms with E-state index in [1.54, 1.807) is 30.2 Å². The summed E-state index contributed by atoms with van der Waals surface area (Å²) in [7, 11) is 0. The highest BCUT2D eigenvalue weighted by molar-refractivity contribution is 5.91. The van der Waals surface area contributed by atoms with Crippen LogP contribution in [0.3, 0.4) is 0 Å². The summed E-state index contributed by atoms with van der Waals surface area (Å²) in [4.78, 5) is 29.0. The van der Waals surface area contributed by atoms with Crippen LogP contribution < -0.4 is 5.32 Å². The molecule has 1 N–H and O–H groups in total. The Hall–Kier alpha value is -1.91. The van der Waals surface area contributed by atoms with Gasteiger partial charge < -0.3 is 10.2 Å². The van der Waals surface area contributed by atoms with Gasteiger partial charge in [0.15, 0.2) is 0 Å². The second-order valence-corrected chi connectivity index (χ2v) is 4.48. The second kappa shape index (κ2) is 5.62. The van der Waals surface area contributed by atoms with Gasteiger partial charge in [0, 0.05) is 32.1 Å². The van der Waals surface area contributed by atoms with E-state index >= 15 is 0 Å². The minimum atomic E-state index is -0.0254. The summed E-state index contributed by atoms with van der Waals surface area (Å²) in [5.41, 5.74) is 0. The van der Waals surface area contributed by atoms with Gasteiger partial charge in [-0.15, -0.1) is 0 Å². The number of piperidine rings is 1. The molecule has 1 aliphatic rings. The lowest BCUT2D eigenvalue weighted by atomic mass is 9.96. The van der Waals surface area contributed by atoms with Gasteiger partial charge in [-0.2, -0.15) is 0 Å². The first-order valence-corrected chi connectivity index (χ1v) is 6.14. The van der Waals surface area contributed by atoms with Crippen LogP contribution in [0.2, 0.25) is 0 Å². The normalized spacial score (nSPS) is 16.4. The lowest BCUT2D eigenvalue weighted by Gasteiger charge is -2.30. The molecule has 5 nitrogen and oxygen atoms in total. The molecule has 2 amide bonds. The van der Waals surface area contributed by atoms with Gasteiger partial charge in [0.1, 0.15) is 5.82 Å². The fourth-order valence-electron chi connectivity index (χ4n) is 2.12. The predicted octanol–water partition coefficient (Wildman–Crippen LogP) is 1.28. The molecule has 0 spiro atoms. The first kappa shape index (κ1) is 12.5. The monoisotopic (exact) mass is 247 g/mol. The molecule has 96 valence electrons. The Morgan fingerprint density at radius 1 is 1.33 bits per heavy atom. The number of hydrogen-bond donors (Lipinski definition) is 1. The smallest absolute Gasteiger partial charge is 0.228 e. The average molecular weight is 247 g/mol. The SMILES string of the molecule is CC(=O)N1CCC(C(=O)Nc2ccccn2)CC1. The Bertz CT molecular complexity index is 425. The van der Waals surface area contributed by atoms with Gasteiger partial charge in [-0.3, -0.25) is 9.59 Å². The molecule has 0 aliphatic carbocycles. The molecule has 0 radical (unpaired) electrons. The number of anilines is 1. The summed E-state index contributed by atoms with van der Waals surface area (Å²) in [6.45, 7) is 2.89. The van der Waals surface area contributed by atoms with Crippen molar-refractivity contribution in [3.63, 3.8) is 0 Å². The predicted molar refractivity (Wildman–Crippen MR) is 67.8 cm³/mol. The number of likely N-dealkylation sites (tertiary alicyclic amines) is 1. The molecule has 5 heteroatoms. The van der Waals surface area contributed by atoms with E-state index in [1.165, 1.54) is 0 Å². The van der Waals surface area contributed by atoms with Crippen molar-refractivity contribution < 1.29 is 9.59 Å². The van der Waals surface area contributed by atoms with Crippen LogP contribution in [0.5, 0.6) is 0 Å². The molecule has 0 saturated carbocycles. The average Bonchev–Trinajstić information content (AvgIpc) is 2.40. The topological polar surface area (TPSA) is 62.3 Å². The highest BCUT2D eigenvalue weighted by atomic mass is 16.2. The van der Waals surface area contributed by atoms with E-state index in [2.05, 4.69) is 10.3 Å². The molecule has 1 saturated heterocycles. The van der Waals surface area contributed by atoms with Crippen LogP contribution in [-0.2, 0) is 9.59 Å². The van der Waals surface area contributed by atoms with E-state index in [9.17, 15) is 9.59 Å². The van der Waals surface area contributed by atoms with Gasteiger partial charge in [-0.25, -0.2) is 4.98 Å². The first-order valence-electron chi connectivity index (χ1n) is 6.14. The lowest BCUT2D eigenvalue weighted by molar-refractivity contribution is -0.132. The van der Waals surface area contributed by atoms with Gasteiger partial charge in [0.25, 0.3) is 0 Å². The van der Waals surface area contributed by atoms with Crippen LogP contribution in [0.1, 0.15) is 19.8 Å². The zero-order valence-electron chi connectivity index (χ0n) is 10.4. The standard InChI is InChI=1S/C13H17N3O2/c1-10(17)16-8-5-11(6-9-16)13(18)15-12-4-2-3-7-14-12/h2-4,7,11H,5-6,8-9H2,1H3,(H,14,15,18). The van der Waals surface area contributed by atoms with E-state index in [4.69, 9.17) is 0 Å². The van der Waals surface area contributed by atoms with Crippen molar-refractivity contribution >= 4 is 17.6 Å². The minimum absolute atomic E-state index is 0.00287. The molecule has 0 unspecified atom stereocenters. The van der Waals surface area contributed by atoms with E-state index in [0.29, 0.717) is 18.9 Å². The Morgan fingerprint density at radius 2 is 2.06 bits per heavy atom. The fourth-order valence-corrected chi connectivity index (χ4v) is 2.12. The van der Waals surface area contributed by atoms with E-state index in [-0.39, 0.29) is 17.7 Å². The summed E-state index contributed by atoms with van der Waals surface area (Å²) < 4.78 is 0. The summed E-state index contributed by atoms with van der Waals surface area (Å²) in [5.74, 6) is 0.634. The number of nitrogens with one attached hydrogen (secondary N) is 1. The Kier molecular flexibility index (Phi) is 3.92. The summed E-state index contributed by atoms with van der Waals surface area (Å²) in [6, 6.07) is 5.41. The van der Waals surface area contributed by atoms with E-state index in [0.717, 1.165) is 12.8 Å². The van der Waals surface area contributed by atoms with Crippen molar-refractivity contribution in [2.45, 2.75) is 19.8 Å². The number of nitrogens with zero attached hydrogens (tertiary/aromatic N) is 2. The highest BCUT2D eigenvalue weighted by Gasteiger charge is 2.26. The Labute approximate surface area is 106 Å². The van der Waals surface area contributed by atoms with Crippen LogP contribution in [0.25, 0.3) is 0 Å². The highest BCUT2D eigenvalue weighted by Crippen LogP contribution is 2.18. The zero-order valence-corrected chi connectivity index (χ0v) is 10.4. The molecule has 18 heavy (non-hydrogen) atoms. The molecule has 1 aliphatic heterocycles. The summed E-state index contributed by atoms with van der Waals surface area (Å²) in [6.07, 6.45) is 3.09. The molecule has 2 rings (SSSR count). The first-order chi connectivity index (χ1) is 8.66. The maximum Gasteiger partial charge on any atom is 0.228 e. The fraction of sp³-hybridized carbons (Fsp3) is 0.462. The summed E-state index contributed by atoms with van der Waals surface area (Å²) in [5, 5.41) is 2.80. The third-order valence-corrected chi connectivity index (χ3v) is 3.23. The Balaban J connectivity index is 1.86. The molecule has 2 heterocycles. The third kappa shape index (κ3) is 3.06. The van der Waals surface area contributed by atoms with Gasteiger partial charge in [0.2, 0.25) is 11.8 Å². The minimum Gasteiger partial charge on any atom is -0.343 e. The van der Waals surface area contributed by atoms with Crippen molar-refractivity contribution in [3.05, 3.63) is 24.4 Å². The number of carbonyl (C=O) groups excluding carboxylic acids is 2. The van der Waals surface area contributed by atoms with Crippen LogP contribution >= 0.6 is 0 Å². The molecule has 1 aromatic heterocycles. The number of hydrogen-bond acceptors (Lipinski definition) is 3. The quantitative estimate of drug-likeness (QED) is 0.856. The zero-order chi connectivity index (χ0) is 13.0. The number of rotatable bonds is 2. The molecule has 0 bridgehead atoms. The number of pyridine rings is 1. The maximum absolute atomic E-state index is 12.0. The number of aromatic nitrogens is 1. The maximum atomic E-state index is 12.0. The van der Waals surface area contributed by atoms with Gasteiger partial charge in [-0.05, 0) is 25.0 Å². The van der Waals surface area contributed by atoms with Crippen LogP contribution in [0.4, 0.5) is 5.82 Å². The lowest BCUT2D eigenvalue weighted by Crippen LogP contribution is -2.40. The molecule has 0 atom stereocenters. The van der Waals surface area contributed by atoms with Crippen LogP contribution in [0.15, 0.2) is 24.4 Å². The molecule has 0 aromatic carbocycles.